The zero-order valence-corrected chi connectivity index (χ0v) is 16.9. The fraction of sp³-hybridized carbons (Fsp3) is 0.0385. The van der Waals surface area contributed by atoms with Crippen LogP contribution in [0.1, 0.15) is 11.1 Å². The maximum Gasteiger partial charge on any atom is 0.193 e. The van der Waals surface area contributed by atoms with E-state index in [0.29, 0.717) is 16.8 Å². The fourth-order valence-electron chi connectivity index (χ4n) is 3.98. The van der Waals surface area contributed by atoms with Crippen molar-refractivity contribution in [2.24, 2.45) is 0 Å². The normalized spacial score (nSPS) is 11.1. The van der Waals surface area contributed by atoms with Crippen molar-refractivity contribution in [3.8, 4) is 17.1 Å². The largest absolute Gasteiger partial charge is 0.360 e. The number of nitrogens with zero attached hydrogens (tertiary/aromatic N) is 1. The number of hydrogen-bond acceptors (Lipinski definition) is 1. The van der Waals surface area contributed by atoms with Crippen LogP contribution in [0.25, 0.3) is 28.0 Å². The average molecular weight is 411 g/mol. The van der Waals surface area contributed by atoms with Gasteiger partial charge in [0.25, 0.3) is 0 Å². The predicted molar refractivity (Wildman–Crippen MR) is 124 cm³/mol. The molecule has 2 aromatic heterocycles. The van der Waals surface area contributed by atoms with Gasteiger partial charge in [0.1, 0.15) is 0 Å². The number of hydrogen-bond donors (Lipinski definition) is 1. The van der Waals surface area contributed by atoms with Crippen LogP contribution in [0.2, 0.25) is 5.02 Å². The lowest BCUT2D eigenvalue weighted by Crippen LogP contribution is -2.18. The number of nitrogens with one attached hydrogen (secondary N) is 1. The van der Waals surface area contributed by atoms with Gasteiger partial charge < -0.3 is 9.55 Å². The van der Waals surface area contributed by atoms with Gasteiger partial charge in [-0.25, -0.2) is 0 Å². The van der Waals surface area contributed by atoms with Crippen molar-refractivity contribution >= 4 is 22.5 Å². The van der Waals surface area contributed by atoms with Gasteiger partial charge in [-0.15, -0.1) is 0 Å². The summed E-state index contributed by atoms with van der Waals surface area (Å²) in [6.07, 6.45) is 2.42. The molecule has 0 amide bonds. The van der Waals surface area contributed by atoms with Gasteiger partial charge in [0, 0.05) is 34.3 Å². The standard InChI is InChI=1S/C26H19ClN2O/c27-19-13-14-21-24(17-19)29(20-10-5-2-6-11-20)25(23-12-7-15-28-23)22(26(21)30)16-18-8-3-1-4-9-18/h1-15,17,28H,16H2. The summed E-state index contributed by atoms with van der Waals surface area (Å²) >= 11 is 6.35. The van der Waals surface area contributed by atoms with E-state index in [0.717, 1.165) is 33.7 Å². The van der Waals surface area contributed by atoms with E-state index >= 15 is 0 Å². The molecule has 3 aromatic carbocycles. The van der Waals surface area contributed by atoms with E-state index in [1.54, 1.807) is 6.07 Å². The third-order valence-corrected chi connectivity index (χ3v) is 5.56. The quantitative estimate of drug-likeness (QED) is 0.374. The second-order valence-electron chi connectivity index (χ2n) is 7.23. The van der Waals surface area contributed by atoms with Gasteiger partial charge in [-0.05, 0) is 48.0 Å². The molecule has 0 bridgehead atoms. The van der Waals surface area contributed by atoms with Crippen molar-refractivity contribution in [3.05, 3.63) is 124 Å². The molecular formula is C26H19ClN2O. The molecular weight excluding hydrogens is 392 g/mol. The van der Waals surface area contributed by atoms with Gasteiger partial charge >= 0.3 is 0 Å². The van der Waals surface area contributed by atoms with Gasteiger partial charge in [-0.2, -0.15) is 0 Å². The molecule has 4 heteroatoms. The Hall–Kier alpha value is -3.56. The fourth-order valence-corrected chi connectivity index (χ4v) is 4.14. The summed E-state index contributed by atoms with van der Waals surface area (Å²) < 4.78 is 2.13. The second kappa shape index (κ2) is 7.69. The lowest BCUT2D eigenvalue weighted by Gasteiger charge is -2.20. The Morgan fingerprint density at radius 2 is 1.57 bits per heavy atom. The molecule has 2 heterocycles. The molecule has 0 radical (unpaired) electrons. The number of para-hydroxylation sites is 1. The third kappa shape index (κ3) is 3.23. The minimum Gasteiger partial charge on any atom is -0.360 e. The van der Waals surface area contributed by atoms with Crippen molar-refractivity contribution in [1.82, 2.24) is 9.55 Å². The molecule has 146 valence electrons. The summed E-state index contributed by atoms with van der Waals surface area (Å²) in [5, 5.41) is 1.25. The molecule has 0 atom stereocenters. The van der Waals surface area contributed by atoms with Gasteiger partial charge in [0.05, 0.1) is 16.9 Å². The Morgan fingerprint density at radius 3 is 2.27 bits per heavy atom. The van der Waals surface area contributed by atoms with E-state index in [1.165, 1.54) is 0 Å². The van der Waals surface area contributed by atoms with Gasteiger partial charge in [0.2, 0.25) is 0 Å². The van der Waals surface area contributed by atoms with Crippen LogP contribution in [0.15, 0.2) is 102 Å². The smallest absolute Gasteiger partial charge is 0.193 e. The summed E-state index contributed by atoms with van der Waals surface area (Å²) in [6.45, 7) is 0. The summed E-state index contributed by atoms with van der Waals surface area (Å²) in [7, 11) is 0. The minimum atomic E-state index is 0.0299. The van der Waals surface area contributed by atoms with Crippen LogP contribution in [-0.2, 0) is 6.42 Å². The molecule has 0 saturated heterocycles. The Bertz CT molecular complexity index is 1370. The van der Waals surface area contributed by atoms with Gasteiger partial charge in [-0.1, -0.05) is 60.1 Å². The number of aromatic nitrogens is 2. The van der Waals surface area contributed by atoms with E-state index in [1.807, 2.05) is 79.0 Å². The van der Waals surface area contributed by atoms with Crippen LogP contribution < -0.4 is 5.43 Å². The Labute approximate surface area is 179 Å². The van der Waals surface area contributed by atoms with Crippen LogP contribution in [0.5, 0.6) is 0 Å². The monoisotopic (exact) mass is 410 g/mol. The maximum absolute atomic E-state index is 13.7. The first-order valence-electron chi connectivity index (χ1n) is 9.82. The number of H-pyrrole nitrogens is 1. The van der Waals surface area contributed by atoms with E-state index in [-0.39, 0.29) is 5.43 Å². The van der Waals surface area contributed by atoms with Crippen molar-refractivity contribution < 1.29 is 0 Å². The summed E-state index contributed by atoms with van der Waals surface area (Å²) in [4.78, 5) is 17.0. The zero-order chi connectivity index (χ0) is 20.5. The second-order valence-corrected chi connectivity index (χ2v) is 7.67. The van der Waals surface area contributed by atoms with Crippen LogP contribution in [0.4, 0.5) is 0 Å². The highest BCUT2D eigenvalue weighted by Crippen LogP contribution is 2.31. The number of rotatable bonds is 4. The van der Waals surface area contributed by atoms with E-state index in [4.69, 9.17) is 11.6 Å². The van der Waals surface area contributed by atoms with Crippen LogP contribution in [-0.4, -0.2) is 9.55 Å². The number of aromatic amines is 1. The lowest BCUT2D eigenvalue weighted by molar-refractivity contribution is 1.04. The SMILES string of the molecule is O=c1c(Cc2ccccc2)c(-c2ccc[nH]2)n(-c2ccccc2)c2cc(Cl)ccc12. The van der Waals surface area contributed by atoms with Crippen molar-refractivity contribution in [2.75, 3.05) is 0 Å². The Morgan fingerprint density at radius 1 is 0.833 bits per heavy atom. The number of fused-ring (bicyclic) bond motifs is 1. The van der Waals surface area contributed by atoms with Gasteiger partial charge in [-0.3, -0.25) is 4.79 Å². The molecule has 0 aliphatic heterocycles. The predicted octanol–water partition coefficient (Wildman–Crippen LogP) is 6.23. The number of benzene rings is 3. The highest BCUT2D eigenvalue weighted by Gasteiger charge is 2.20. The topological polar surface area (TPSA) is 37.8 Å². The zero-order valence-electron chi connectivity index (χ0n) is 16.2. The molecule has 1 N–H and O–H groups in total. The number of pyridine rings is 1. The lowest BCUT2D eigenvalue weighted by atomic mass is 9.98. The molecule has 0 spiro atoms. The van der Waals surface area contributed by atoms with Crippen LogP contribution in [0, 0.1) is 0 Å². The van der Waals surface area contributed by atoms with Crippen LogP contribution in [0.3, 0.4) is 0 Å². The van der Waals surface area contributed by atoms with Crippen molar-refractivity contribution in [2.45, 2.75) is 6.42 Å². The molecule has 5 aromatic rings. The first-order chi connectivity index (χ1) is 14.7. The highest BCUT2D eigenvalue weighted by molar-refractivity contribution is 6.31. The van der Waals surface area contributed by atoms with Crippen molar-refractivity contribution in [3.63, 3.8) is 0 Å². The molecule has 0 aliphatic carbocycles. The Balaban J connectivity index is 1.93. The third-order valence-electron chi connectivity index (χ3n) is 5.32. The summed E-state index contributed by atoms with van der Waals surface area (Å²) in [5.74, 6) is 0. The molecule has 30 heavy (non-hydrogen) atoms. The highest BCUT2D eigenvalue weighted by atomic mass is 35.5. The summed E-state index contributed by atoms with van der Waals surface area (Å²) in [6, 6.07) is 29.6. The summed E-state index contributed by atoms with van der Waals surface area (Å²) in [5.41, 5.74) is 5.39. The average Bonchev–Trinajstić information content (AvgIpc) is 3.31. The molecule has 0 fully saturated rings. The van der Waals surface area contributed by atoms with Crippen LogP contribution >= 0.6 is 11.6 Å². The molecule has 5 rings (SSSR count). The Kier molecular flexibility index (Phi) is 4.74. The molecule has 0 aliphatic rings. The van der Waals surface area contributed by atoms with Gasteiger partial charge in [0.15, 0.2) is 5.43 Å². The minimum absolute atomic E-state index is 0.0299. The molecule has 0 saturated carbocycles. The number of halogens is 1. The van der Waals surface area contributed by atoms with E-state index < -0.39 is 0 Å². The van der Waals surface area contributed by atoms with E-state index in [2.05, 4.69) is 21.7 Å². The molecule has 3 nitrogen and oxygen atoms in total. The first kappa shape index (κ1) is 18.5. The maximum atomic E-state index is 13.7. The first-order valence-corrected chi connectivity index (χ1v) is 10.2. The van der Waals surface area contributed by atoms with E-state index in [9.17, 15) is 4.79 Å². The van der Waals surface area contributed by atoms with Crippen molar-refractivity contribution in [1.29, 1.82) is 0 Å². The molecule has 0 unspecified atom stereocenters.